The molecule has 0 saturated carbocycles. The van der Waals surface area contributed by atoms with Crippen molar-refractivity contribution in [1.82, 2.24) is 0 Å². The van der Waals surface area contributed by atoms with Crippen molar-refractivity contribution in [1.29, 1.82) is 0 Å². The molecule has 0 amide bonds. The van der Waals surface area contributed by atoms with Gasteiger partial charge >= 0.3 is 0 Å². The Morgan fingerprint density at radius 2 is 1.67 bits per heavy atom. The Kier molecular flexibility index (Phi) is 5.79. The highest BCUT2D eigenvalue weighted by Gasteiger charge is 2.21. The molecule has 1 N–H and O–H groups in total. The molecule has 0 unspecified atom stereocenters. The standard InChI is InChI=1S/C20H26N2O4S/c1-15-10-12-22(13-11-15)17-6-4-16(5-7-17)21-27(23,24)20-14-18(25-2)8-9-19(20)26-3/h4-9,14-15,21H,10-13H2,1-3H3. The number of hydrogen-bond donors (Lipinski definition) is 1. The number of benzene rings is 2. The number of sulfonamides is 1. The number of nitrogens with zero attached hydrogens (tertiary/aromatic N) is 1. The van der Waals surface area contributed by atoms with E-state index in [1.807, 2.05) is 12.1 Å². The van der Waals surface area contributed by atoms with E-state index in [4.69, 9.17) is 9.47 Å². The van der Waals surface area contributed by atoms with Crippen molar-refractivity contribution in [2.24, 2.45) is 5.92 Å². The molecule has 27 heavy (non-hydrogen) atoms. The highest BCUT2D eigenvalue weighted by molar-refractivity contribution is 7.92. The van der Waals surface area contributed by atoms with Gasteiger partial charge in [0.2, 0.25) is 0 Å². The van der Waals surface area contributed by atoms with Gasteiger partial charge in [0, 0.05) is 30.5 Å². The molecule has 0 radical (unpaired) electrons. The number of piperidine rings is 1. The topological polar surface area (TPSA) is 67.9 Å². The van der Waals surface area contributed by atoms with Gasteiger partial charge in [-0.2, -0.15) is 0 Å². The van der Waals surface area contributed by atoms with Crippen molar-refractivity contribution in [2.75, 3.05) is 36.9 Å². The molecular weight excluding hydrogens is 364 g/mol. The number of hydrogen-bond acceptors (Lipinski definition) is 5. The van der Waals surface area contributed by atoms with E-state index in [1.165, 1.54) is 33.1 Å². The molecule has 1 aliphatic heterocycles. The summed E-state index contributed by atoms with van der Waals surface area (Å²) in [4.78, 5) is 2.38. The molecular formula is C20H26N2O4S. The van der Waals surface area contributed by atoms with E-state index in [2.05, 4.69) is 16.5 Å². The fraction of sp³-hybridized carbons (Fsp3) is 0.400. The minimum Gasteiger partial charge on any atom is -0.497 e. The van der Waals surface area contributed by atoms with E-state index >= 15 is 0 Å². The highest BCUT2D eigenvalue weighted by Crippen LogP contribution is 2.30. The summed E-state index contributed by atoms with van der Waals surface area (Å²) < 4.78 is 38.6. The zero-order valence-electron chi connectivity index (χ0n) is 15.9. The minimum atomic E-state index is -3.80. The summed E-state index contributed by atoms with van der Waals surface area (Å²) >= 11 is 0. The third-order valence-electron chi connectivity index (χ3n) is 4.93. The van der Waals surface area contributed by atoms with Crippen LogP contribution in [-0.4, -0.2) is 35.7 Å². The molecule has 1 saturated heterocycles. The summed E-state index contributed by atoms with van der Waals surface area (Å²) in [5, 5.41) is 0. The molecule has 1 heterocycles. The lowest BCUT2D eigenvalue weighted by Crippen LogP contribution is -2.32. The van der Waals surface area contributed by atoms with Gasteiger partial charge in [0.15, 0.2) is 0 Å². The third-order valence-corrected chi connectivity index (χ3v) is 6.33. The van der Waals surface area contributed by atoms with Gasteiger partial charge in [0.25, 0.3) is 10.0 Å². The average molecular weight is 391 g/mol. The first-order valence-electron chi connectivity index (χ1n) is 9.03. The van der Waals surface area contributed by atoms with Gasteiger partial charge in [0.05, 0.1) is 14.2 Å². The third kappa shape index (κ3) is 4.47. The Morgan fingerprint density at radius 3 is 2.26 bits per heavy atom. The zero-order valence-corrected chi connectivity index (χ0v) is 16.8. The van der Waals surface area contributed by atoms with E-state index in [1.54, 1.807) is 24.3 Å². The van der Waals surface area contributed by atoms with E-state index in [9.17, 15) is 8.42 Å². The van der Waals surface area contributed by atoms with Gasteiger partial charge in [0.1, 0.15) is 16.4 Å². The van der Waals surface area contributed by atoms with Crippen LogP contribution in [-0.2, 0) is 10.0 Å². The summed E-state index contributed by atoms with van der Waals surface area (Å²) in [6.45, 7) is 4.35. The monoisotopic (exact) mass is 390 g/mol. The Labute approximate surface area is 161 Å². The van der Waals surface area contributed by atoms with Crippen LogP contribution in [0.5, 0.6) is 11.5 Å². The fourth-order valence-corrected chi connectivity index (χ4v) is 4.46. The van der Waals surface area contributed by atoms with Crippen molar-refractivity contribution in [3.63, 3.8) is 0 Å². The summed E-state index contributed by atoms with van der Waals surface area (Å²) in [5.74, 6) is 1.48. The van der Waals surface area contributed by atoms with Crippen molar-refractivity contribution >= 4 is 21.4 Å². The molecule has 146 valence electrons. The maximum absolute atomic E-state index is 12.8. The second-order valence-corrected chi connectivity index (χ2v) is 8.49. The van der Waals surface area contributed by atoms with E-state index in [0.717, 1.165) is 24.7 Å². The molecule has 2 aromatic carbocycles. The second-order valence-electron chi connectivity index (χ2n) is 6.84. The molecule has 6 nitrogen and oxygen atoms in total. The lowest BCUT2D eigenvalue weighted by Gasteiger charge is -2.32. The minimum absolute atomic E-state index is 0.0402. The van der Waals surface area contributed by atoms with Crippen LogP contribution < -0.4 is 19.1 Å². The van der Waals surface area contributed by atoms with Gasteiger partial charge in [-0.3, -0.25) is 4.72 Å². The molecule has 0 spiro atoms. The van der Waals surface area contributed by atoms with Gasteiger partial charge in [-0.15, -0.1) is 0 Å². The quantitative estimate of drug-likeness (QED) is 0.814. The predicted octanol–water partition coefficient (Wildman–Crippen LogP) is 3.74. The van der Waals surface area contributed by atoms with Crippen LogP contribution in [0.2, 0.25) is 0 Å². The molecule has 3 rings (SSSR count). The summed E-state index contributed by atoms with van der Waals surface area (Å²) in [7, 11) is -0.871. The molecule has 7 heteroatoms. The Balaban J connectivity index is 1.78. The lowest BCUT2D eigenvalue weighted by atomic mass is 9.99. The number of methoxy groups -OCH3 is 2. The van der Waals surface area contributed by atoms with Crippen LogP contribution in [0.1, 0.15) is 19.8 Å². The van der Waals surface area contributed by atoms with Crippen molar-refractivity contribution in [3.05, 3.63) is 42.5 Å². The molecule has 1 fully saturated rings. The predicted molar refractivity (Wildman–Crippen MR) is 107 cm³/mol. The second kappa shape index (κ2) is 8.08. The number of nitrogens with one attached hydrogen (secondary N) is 1. The fourth-order valence-electron chi connectivity index (χ4n) is 3.21. The van der Waals surface area contributed by atoms with Crippen LogP contribution in [0.4, 0.5) is 11.4 Å². The van der Waals surface area contributed by atoms with Crippen LogP contribution in [0.3, 0.4) is 0 Å². The van der Waals surface area contributed by atoms with Gasteiger partial charge in [-0.05, 0) is 55.2 Å². The van der Waals surface area contributed by atoms with Crippen LogP contribution in [0, 0.1) is 5.92 Å². The molecule has 2 aromatic rings. The van der Waals surface area contributed by atoms with Crippen LogP contribution in [0.15, 0.2) is 47.4 Å². The Morgan fingerprint density at radius 1 is 1.00 bits per heavy atom. The normalized spacial score (nSPS) is 15.4. The SMILES string of the molecule is COc1ccc(OC)c(S(=O)(=O)Nc2ccc(N3CCC(C)CC3)cc2)c1. The highest BCUT2D eigenvalue weighted by atomic mass is 32.2. The maximum Gasteiger partial charge on any atom is 0.265 e. The van der Waals surface area contributed by atoms with E-state index < -0.39 is 10.0 Å². The summed E-state index contributed by atoms with van der Waals surface area (Å²) in [6.07, 6.45) is 2.37. The molecule has 0 aromatic heterocycles. The zero-order chi connectivity index (χ0) is 19.4. The number of ether oxygens (including phenoxy) is 2. The smallest absolute Gasteiger partial charge is 0.265 e. The molecule has 0 atom stereocenters. The van der Waals surface area contributed by atoms with Crippen LogP contribution >= 0.6 is 0 Å². The van der Waals surface area contributed by atoms with Gasteiger partial charge < -0.3 is 14.4 Å². The molecule has 1 aliphatic rings. The van der Waals surface area contributed by atoms with Gasteiger partial charge in [-0.25, -0.2) is 8.42 Å². The van der Waals surface area contributed by atoms with Crippen molar-refractivity contribution in [2.45, 2.75) is 24.7 Å². The van der Waals surface area contributed by atoms with Crippen LogP contribution in [0.25, 0.3) is 0 Å². The maximum atomic E-state index is 12.8. The summed E-state index contributed by atoms with van der Waals surface area (Å²) in [5.41, 5.74) is 1.62. The van der Waals surface area contributed by atoms with Crippen molar-refractivity contribution in [3.8, 4) is 11.5 Å². The lowest BCUT2D eigenvalue weighted by molar-refractivity contribution is 0.392. The average Bonchev–Trinajstić information content (AvgIpc) is 2.68. The van der Waals surface area contributed by atoms with Gasteiger partial charge in [-0.1, -0.05) is 6.92 Å². The first kappa shape index (κ1) is 19.4. The first-order valence-corrected chi connectivity index (χ1v) is 10.5. The Hall–Kier alpha value is -2.41. The number of rotatable bonds is 6. The number of anilines is 2. The largest absolute Gasteiger partial charge is 0.497 e. The molecule has 0 bridgehead atoms. The summed E-state index contributed by atoms with van der Waals surface area (Å²) in [6, 6.07) is 12.2. The molecule has 0 aliphatic carbocycles. The van der Waals surface area contributed by atoms with Crippen molar-refractivity contribution < 1.29 is 17.9 Å². The van der Waals surface area contributed by atoms with E-state index in [-0.39, 0.29) is 10.6 Å². The Bertz CT molecular complexity index is 873. The van der Waals surface area contributed by atoms with E-state index in [0.29, 0.717) is 11.4 Å². The first-order chi connectivity index (χ1) is 12.9.